The average Bonchev–Trinajstić information content (AvgIpc) is 2.77. The van der Waals surface area contributed by atoms with Gasteiger partial charge in [0.15, 0.2) is 11.5 Å². The van der Waals surface area contributed by atoms with Crippen molar-refractivity contribution in [3.63, 3.8) is 0 Å². The van der Waals surface area contributed by atoms with Crippen LogP contribution in [0.25, 0.3) is 0 Å². The topological polar surface area (TPSA) is 30.5 Å². The van der Waals surface area contributed by atoms with Crippen LogP contribution in [0.4, 0.5) is 0 Å². The summed E-state index contributed by atoms with van der Waals surface area (Å²) in [5, 5.41) is 4.38. The predicted molar refractivity (Wildman–Crippen MR) is 120 cm³/mol. The van der Waals surface area contributed by atoms with Gasteiger partial charge in [-0.05, 0) is 35.7 Å². The van der Waals surface area contributed by atoms with Crippen LogP contribution in [-0.2, 0) is 13.2 Å². The zero-order chi connectivity index (χ0) is 20.5. The Balaban J connectivity index is 1.65. The van der Waals surface area contributed by atoms with Gasteiger partial charge in [0.05, 0.1) is 7.11 Å². The van der Waals surface area contributed by atoms with Crippen molar-refractivity contribution in [2.75, 3.05) is 7.11 Å². The molecule has 3 rings (SSSR count). The maximum atomic E-state index is 6.22. The van der Waals surface area contributed by atoms with E-state index in [1.165, 1.54) is 5.56 Å². The molecule has 0 heterocycles. The van der Waals surface area contributed by atoms with Gasteiger partial charge in [-0.1, -0.05) is 79.5 Å². The summed E-state index contributed by atoms with van der Waals surface area (Å²) in [6, 6.07) is 24.7. The summed E-state index contributed by atoms with van der Waals surface area (Å²) in [6.07, 6.45) is 2.23. The molecule has 0 bridgehead atoms. The minimum absolute atomic E-state index is 0.336. The SMILES string of the molecule is CCCC(NCc1ccc(OCc2ccccc2Cl)c(OC)c1)c1ccccc1. The molecule has 0 radical (unpaired) electrons. The molecule has 0 saturated carbocycles. The zero-order valence-corrected chi connectivity index (χ0v) is 17.8. The Morgan fingerprint density at radius 3 is 2.41 bits per heavy atom. The Labute approximate surface area is 178 Å². The molecule has 1 atom stereocenters. The van der Waals surface area contributed by atoms with E-state index < -0.39 is 0 Å². The summed E-state index contributed by atoms with van der Waals surface area (Å²) in [4.78, 5) is 0. The summed E-state index contributed by atoms with van der Waals surface area (Å²) in [7, 11) is 1.67. The molecule has 0 amide bonds. The van der Waals surface area contributed by atoms with E-state index in [-0.39, 0.29) is 0 Å². The van der Waals surface area contributed by atoms with Gasteiger partial charge in [0.25, 0.3) is 0 Å². The maximum absolute atomic E-state index is 6.22. The standard InChI is InChI=1S/C25H28ClNO2/c1-3-9-23(20-10-5-4-6-11-20)27-17-19-14-15-24(25(16-19)28-2)29-18-21-12-7-8-13-22(21)26/h4-8,10-16,23,27H,3,9,17-18H2,1-2H3. The number of methoxy groups -OCH3 is 1. The fourth-order valence-electron chi connectivity index (χ4n) is 3.31. The number of halogens is 1. The van der Waals surface area contributed by atoms with Crippen LogP contribution < -0.4 is 14.8 Å². The van der Waals surface area contributed by atoms with Gasteiger partial charge in [0, 0.05) is 23.2 Å². The second-order valence-corrected chi connectivity index (χ2v) is 7.41. The van der Waals surface area contributed by atoms with Gasteiger partial charge in [-0.2, -0.15) is 0 Å². The first-order valence-corrected chi connectivity index (χ1v) is 10.4. The van der Waals surface area contributed by atoms with E-state index >= 15 is 0 Å². The van der Waals surface area contributed by atoms with Crippen LogP contribution in [0.15, 0.2) is 72.8 Å². The molecular weight excluding hydrogens is 382 g/mol. The number of hydrogen-bond acceptors (Lipinski definition) is 3. The molecule has 3 aromatic rings. The molecular formula is C25H28ClNO2. The van der Waals surface area contributed by atoms with E-state index in [2.05, 4.69) is 48.6 Å². The summed E-state index contributed by atoms with van der Waals surface area (Å²) in [5.74, 6) is 1.44. The van der Waals surface area contributed by atoms with Crippen molar-refractivity contribution in [1.29, 1.82) is 0 Å². The molecule has 0 aliphatic carbocycles. The monoisotopic (exact) mass is 409 g/mol. The highest BCUT2D eigenvalue weighted by molar-refractivity contribution is 6.31. The summed E-state index contributed by atoms with van der Waals surface area (Å²) >= 11 is 6.22. The molecule has 0 fully saturated rings. The molecule has 152 valence electrons. The van der Waals surface area contributed by atoms with Crippen LogP contribution in [-0.4, -0.2) is 7.11 Å². The van der Waals surface area contributed by atoms with Gasteiger partial charge < -0.3 is 14.8 Å². The molecule has 0 spiro atoms. The number of ether oxygens (including phenoxy) is 2. The second kappa shape index (κ2) is 10.9. The van der Waals surface area contributed by atoms with E-state index in [9.17, 15) is 0 Å². The van der Waals surface area contributed by atoms with Crippen molar-refractivity contribution in [2.45, 2.75) is 39.0 Å². The molecule has 0 aliphatic heterocycles. The van der Waals surface area contributed by atoms with E-state index in [4.69, 9.17) is 21.1 Å². The second-order valence-electron chi connectivity index (χ2n) is 7.00. The summed E-state index contributed by atoms with van der Waals surface area (Å²) < 4.78 is 11.5. The van der Waals surface area contributed by atoms with Crippen LogP contribution in [0.3, 0.4) is 0 Å². The third-order valence-electron chi connectivity index (χ3n) is 4.90. The highest BCUT2D eigenvalue weighted by Gasteiger charge is 2.11. The first-order valence-electron chi connectivity index (χ1n) is 10.0. The van der Waals surface area contributed by atoms with Crippen molar-refractivity contribution in [3.8, 4) is 11.5 Å². The van der Waals surface area contributed by atoms with Gasteiger partial charge in [-0.25, -0.2) is 0 Å². The van der Waals surface area contributed by atoms with Crippen LogP contribution in [0.2, 0.25) is 5.02 Å². The van der Waals surface area contributed by atoms with Crippen LogP contribution >= 0.6 is 11.6 Å². The number of benzene rings is 3. The van der Waals surface area contributed by atoms with E-state index in [0.29, 0.717) is 23.4 Å². The van der Waals surface area contributed by atoms with E-state index in [1.54, 1.807) is 7.11 Å². The minimum atomic E-state index is 0.336. The first-order chi connectivity index (χ1) is 14.2. The Morgan fingerprint density at radius 1 is 0.931 bits per heavy atom. The van der Waals surface area contributed by atoms with Crippen molar-refractivity contribution in [2.24, 2.45) is 0 Å². The van der Waals surface area contributed by atoms with Gasteiger partial charge >= 0.3 is 0 Å². The molecule has 3 aromatic carbocycles. The minimum Gasteiger partial charge on any atom is -0.493 e. The smallest absolute Gasteiger partial charge is 0.161 e. The normalized spacial score (nSPS) is 11.8. The fourth-order valence-corrected chi connectivity index (χ4v) is 3.50. The largest absolute Gasteiger partial charge is 0.493 e. The van der Waals surface area contributed by atoms with Gasteiger partial charge in [-0.15, -0.1) is 0 Å². The Morgan fingerprint density at radius 2 is 1.69 bits per heavy atom. The third kappa shape index (κ3) is 5.99. The highest BCUT2D eigenvalue weighted by Crippen LogP contribution is 2.30. The fraction of sp³-hybridized carbons (Fsp3) is 0.280. The lowest BCUT2D eigenvalue weighted by atomic mass is 10.0. The molecule has 4 heteroatoms. The molecule has 1 unspecified atom stereocenters. The molecule has 29 heavy (non-hydrogen) atoms. The number of rotatable bonds is 10. The number of nitrogens with one attached hydrogen (secondary N) is 1. The van der Waals surface area contributed by atoms with Crippen molar-refractivity contribution < 1.29 is 9.47 Å². The Kier molecular flexibility index (Phi) is 7.97. The Bertz CT molecular complexity index is 898. The van der Waals surface area contributed by atoms with E-state index in [0.717, 1.165) is 36.3 Å². The van der Waals surface area contributed by atoms with Crippen LogP contribution in [0.1, 0.15) is 42.5 Å². The third-order valence-corrected chi connectivity index (χ3v) is 5.27. The molecule has 1 N–H and O–H groups in total. The zero-order valence-electron chi connectivity index (χ0n) is 17.0. The summed E-state index contributed by atoms with van der Waals surface area (Å²) in [6.45, 7) is 3.38. The lowest BCUT2D eigenvalue weighted by molar-refractivity contribution is 0.284. The molecule has 3 nitrogen and oxygen atoms in total. The van der Waals surface area contributed by atoms with Gasteiger partial charge in [0.2, 0.25) is 0 Å². The average molecular weight is 410 g/mol. The quantitative estimate of drug-likeness (QED) is 0.411. The van der Waals surface area contributed by atoms with E-state index in [1.807, 2.05) is 36.4 Å². The van der Waals surface area contributed by atoms with Crippen molar-refractivity contribution in [1.82, 2.24) is 5.32 Å². The number of hydrogen-bond donors (Lipinski definition) is 1. The van der Waals surface area contributed by atoms with Crippen LogP contribution in [0.5, 0.6) is 11.5 Å². The highest BCUT2D eigenvalue weighted by atomic mass is 35.5. The van der Waals surface area contributed by atoms with Crippen molar-refractivity contribution >= 4 is 11.6 Å². The maximum Gasteiger partial charge on any atom is 0.161 e. The first kappa shape index (κ1) is 21.2. The lowest BCUT2D eigenvalue weighted by Crippen LogP contribution is -2.20. The van der Waals surface area contributed by atoms with Gasteiger partial charge in [0.1, 0.15) is 6.61 Å². The summed E-state index contributed by atoms with van der Waals surface area (Å²) in [5.41, 5.74) is 3.43. The van der Waals surface area contributed by atoms with Crippen molar-refractivity contribution in [3.05, 3.63) is 94.5 Å². The van der Waals surface area contributed by atoms with Gasteiger partial charge in [-0.3, -0.25) is 0 Å². The molecule has 0 saturated heterocycles. The van der Waals surface area contributed by atoms with Crippen LogP contribution in [0, 0.1) is 0 Å². The lowest BCUT2D eigenvalue weighted by Gasteiger charge is -2.19. The predicted octanol–water partition coefficient (Wildman–Crippen LogP) is 6.56. The molecule has 0 aliphatic rings. The Hall–Kier alpha value is -2.49. The molecule has 0 aromatic heterocycles.